The van der Waals surface area contributed by atoms with E-state index in [0.29, 0.717) is 6.04 Å². The molecule has 2 heterocycles. The van der Waals surface area contributed by atoms with Crippen molar-refractivity contribution in [1.82, 2.24) is 20.0 Å². The number of benzene rings is 2. The monoisotopic (exact) mass is 392 g/mol. The summed E-state index contributed by atoms with van der Waals surface area (Å²) in [5, 5.41) is 7.49. The molecule has 1 N–H and O–H groups in total. The molecule has 6 nitrogen and oxygen atoms in total. The van der Waals surface area contributed by atoms with Gasteiger partial charge in [0.1, 0.15) is 11.5 Å². The summed E-state index contributed by atoms with van der Waals surface area (Å²) in [4.78, 5) is 4.94. The van der Waals surface area contributed by atoms with Crippen LogP contribution >= 0.6 is 0 Å². The van der Waals surface area contributed by atoms with Crippen molar-refractivity contribution in [3.63, 3.8) is 0 Å². The van der Waals surface area contributed by atoms with Crippen LogP contribution in [0.1, 0.15) is 17.2 Å². The molecule has 1 aliphatic rings. The summed E-state index contributed by atoms with van der Waals surface area (Å²) in [7, 11) is 5.55. The van der Waals surface area contributed by atoms with Gasteiger partial charge in [0.2, 0.25) is 0 Å². The van der Waals surface area contributed by atoms with Gasteiger partial charge < -0.3 is 9.47 Å². The molecule has 0 saturated carbocycles. The van der Waals surface area contributed by atoms with Gasteiger partial charge in [0, 0.05) is 49.4 Å². The maximum absolute atomic E-state index is 5.60. The van der Waals surface area contributed by atoms with Crippen molar-refractivity contribution in [2.24, 2.45) is 0 Å². The van der Waals surface area contributed by atoms with Crippen LogP contribution in [0.3, 0.4) is 0 Å². The summed E-state index contributed by atoms with van der Waals surface area (Å²) in [5.74, 6) is 1.55. The number of hydrogen-bond donors (Lipinski definition) is 1. The average molecular weight is 393 g/mol. The van der Waals surface area contributed by atoms with Gasteiger partial charge in [-0.2, -0.15) is 5.10 Å². The molecule has 3 aromatic rings. The van der Waals surface area contributed by atoms with Gasteiger partial charge in [-0.1, -0.05) is 30.3 Å². The molecule has 0 amide bonds. The molecule has 6 heteroatoms. The second-order valence-electron chi connectivity index (χ2n) is 7.48. The minimum Gasteiger partial charge on any atom is -0.497 e. The zero-order valence-electron chi connectivity index (χ0n) is 17.3. The largest absolute Gasteiger partial charge is 0.497 e. The lowest BCUT2D eigenvalue weighted by Crippen LogP contribution is -2.46. The first kappa shape index (κ1) is 19.5. The van der Waals surface area contributed by atoms with Gasteiger partial charge in [-0.15, -0.1) is 0 Å². The number of ether oxygens (including phenoxy) is 2. The third-order valence-electron chi connectivity index (χ3n) is 5.71. The number of nitrogens with zero attached hydrogens (tertiary/aromatic N) is 3. The molecule has 1 aromatic heterocycles. The number of H-pyrrole nitrogens is 1. The lowest BCUT2D eigenvalue weighted by Gasteiger charge is -2.39. The highest BCUT2D eigenvalue weighted by Crippen LogP contribution is 2.35. The number of methoxy groups -OCH3 is 2. The van der Waals surface area contributed by atoms with Crippen LogP contribution in [0.25, 0.3) is 11.3 Å². The van der Waals surface area contributed by atoms with Crippen molar-refractivity contribution in [3.8, 4) is 22.8 Å². The number of nitrogens with one attached hydrogen (secondary N) is 1. The first-order valence-corrected chi connectivity index (χ1v) is 9.91. The summed E-state index contributed by atoms with van der Waals surface area (Å²) < 4.78 is 10.9. The minimum absolute atomic E-state index is 0.399. The molecule has 152 valence electrons. The van der Waals surface area contributed by atoms with Gasteiger partial charge in [-0.3, -0.25) is 14.9 Å². The van der Waals surface area contributed by atoms with E-state index in [1.807, 2.05) is 24.4 Å². The Morgan fingerprint density at radius 3 is 2.66 bits per heavy atom. The fourth-order valence-electron chi connectivity index (χ4n) is 4.02. The Morgan fingerprint density at radius 2 is 1.90 bits per heavy atom. The maximum atomic E-state index is 5.60. The first-order valence-electron chi connectivity index (χ1n) is 9.91. The molecule has 1 unspecified atom stereocenters. The summed E-state index contributed by atoms with van der Waals surface area (Å²) in [6.45, 7) is 3.91. The van der Waals surface area contributed by atoms with E-state index in [4.69, 9.17) is 9.47 Å². The molecule has 2 aromatic carbocycles. The number of piperazine rings is 1. The van der Waals surface area contributed by atoms with Crippen LogP contribution in [0.4, 0.5) is 0 Å². The molecular weight excluding hydrogens is 364 g/mol. The molecule has 1 aliphatic heterocycles. The van der Waals surface area contributed by atoms with E-state index < -0.39 is 0 Å². The molecule has 0 radical (unpaired) electrons. The third kappa shape index (κ3) is 4.13. The van der Waals surface area contributed by atoms with Crippen LogP contribution in [0, 0.1) is 0 Å². The predicted molar refractivity (Wildman–Crippen MR) is 114 cm³/mol. The molecule has 1 saturated heterocycles. The van der Waals surface area contributed by atoms with Crippen molar-refractivity contribution in [1.29, 1.82) is 0 Å². The van der Waals surface area contributed by atoms with E-state index in [2.05, 4.69) is 57.4 Å². The molecule has 4 rings (SSSR count). The van der Waals surface area contributed by atoms with Gasteiger partial charge >= 0.3 is 0 Å². The van der Waals surface area contributed by atoms with Crippen LogP contribution in [0.15, 0.2) is 54.7 Å². The van der Waals surface area contributed by atoms with E-state index in [-0.39, 0.29) is 0 Å². The molecule has 0 spiro atoms. The van der Waals surface area contributed by atoms with Gasteiger partial charge in [0.15, 0.2) is 0 Å². The van der Waals surface area contributed by atoms with Crippen LogP contribution in [0.2, 0.25) is 0 Å². The van der Waals surface area contributed by atoms with Gasteiger partial charge in [-0.05, 0) is 24.7 Å². The van der Waals surface area contributed by atoms with Crippen molar-refractivity contribution in [3.05, 3.63) is 65.9 Å². The van der Waals surface area contributed by atoms with Crippen LogP contribution in [-0.4, -0.2) is 60.9 Å². The topological polar surface area (TPSA) is 53.6 Å². The Labute approximate surface area is 172 Å². The lowest BCUT2D eigenvalue weighted by molar-refractivity contribution is 0.0906. The summed E-state index contributed by atoms with van der Waals surface area (Å²) in [6, 6.07) is 17.0. The third-order valence-corrected chi connectivity index (χ3v) is 5.71. The zero-order valence-corrected chi connectivity index (χ0v) is 17.3. The van der Waals surface area contributed by atoms with E-state index in [0.717, 1.165) is 48.9 Å². The Bertz CT molecular complexity index is 941. The van der Waals surface area contributed by atoms with Crippen LogP contribution < -0.4 is 9.47 Å². The van der Waals surface area contributed by atoms with E-state index in [1.54, 1.807) is 14.2 Å². The smallest absolute Gasteiger partial charge is 0.131 e. The number of aromatic nitrogens is 2. The molecule has 1 atom stereocenters. The fourth-order valence-corrected chi connectivity index (χ4v) is 4.02. The highest BCUT2D eigenvalue weighted by Gasteiger charge is 2.26. The minimum atomic E-state index is 0.399. The van der Waals surface area contributed by atoms with Gasteiger partial charge in [-0.25, -0.2) is 0 Å². The average Bonchev–Trinajstić information content (AvgIpc) is 3.23. The Balaban J connectivity index is 1.55. The predicted octanol–water partition coefficient (Wildman–Crippen LogP) is 3.58. The van der Waals surface area contributed by atoms with Crippen molar-refractivity contribution < 1.29 is 9.47 Å². The normalized spacial score (nSPS) is 18.0. The summed E-state index contributed by atoms with van der Waals surface area (Å²) in [6.07, 6.45) is 1.93. The summed E-state index contributed by atoms with van der Waals surface area (Å²) >= 11 is 0. The molecule has 0 aliphatic carbocycles. The van der Waals surface area contributed by atoms with Gasteiger partial charge in [0.05, 0.1) is 26.1 Å². The van der Waals surface area contributed by atoms with E-state index >= 15 is 0 Å². The number of likely N-dealkylation sites (N-methyl/N-ethyl adjacent to an activating group) is 1. The number of rotatable bonds is 6. The lowest BCUT2D eigenvalue weighted by atomic mass is 10.0. The Kier molecular flexibility index (Phi) is 5.83. The molecule has 29 heavy (non-hydrogen) atoms. The van der Waals surface area contributed by atoms with Crippen LogP contribution in [0.5, 0.6) is 11.5 Å². The van der Waals surface area contributed by atoms with Crippen molar-refractivity contribution in [2.45, 2.75) is 12.6 Å². The van der Waals surface area contributed by atoms with Gasteiger partial charge in [0.25, 0.3) is 0 Å². The first-order chi connectivity index (χ1) is 14.2. The second kappa shape index (κ2) is 8.68. The van der Waals surface area contributed by atoms with Crippen LogP contribution in [-0.2, 0) is 6.54 Å². The van der Waals surface area contributed by atoms with Crippen molar-refractivity contribution in [2.75, 3.05) is 40.9 Å². The van der Waals surface area contributed by atoms with E-state index in [9.17, 15) is 0 Å². The number of hydrogen-bond acceptors (Lipinski definition) is 5. The Hall–Kier alpha value is -2.83. The maximum Gasteiger partial charge on any atom is 0.131 e. The number of aromatic amines is 1. The van der Waals surface area contributed by atoms with E-state index in [1.165, 1.54) is 11.1 Å². The summed E-state index contributed by atoms with van der Waals surface area (Å²) in [5.41, 5.74) is 4.53. The molecule has 1 fully saturated rings. The molecular formula is C23H28N4O2. The second-order valence-corrected chi connectivity index (χ2v) is 7.48. The highest BCUT2D eigenvalue weighted by atomic mass is 16.5. The Morgan fingerprint density at radius 1 is 1.07 bits per heavy atom. The molecule has 0 bridgehead atoms. The van der Waals surface area contributed by atoms with Crippen molar-refractivity contribution >= 4 is 0 Å². The highest BCUT2D eigenvalue weighted by molar-refractivity contribution is 5.71. The SMILES string of the molecule is COc1ccc(-c2[nH]ncc2CN2CCN(C)C(c3ccccc3)C2)c(OC)c1. The zero-order chi connectivity index (χ0) is 20.2. The quantitative estimate of drug-likeness (QED) is 0.695. The fraction of sp³-hybridized carbons (Fsp3) is 0.348. The standard InChI is InChI=1S/C23H28N4O2/c1-26-11-12-27(16-21(26)17-7-5-4-6-8-17)15-18-14-24-25-23(18)20-10-9-19(28-2)13-22(20)29-3/h4-10,13-14,21H,11-12,15-16H2,1-3H3,(H,24,25).